The Kier molecular flexibility index (Phi) is 5.63. The first-order chi connectivity index (χ1) is 10.6. The van der Waals surface area contributed by atoms with Gasteiger partial charge in [-0.1, -0.05) is 12.1 Å². The normalized spacial score (nSPS) is 13.6. The summed E-state index contributed by atoms with van der Waals surface area (Å²) in [6.07, 6.45) is 3.30. The second-order valence-electron chi connectivity index (χ2n) is 4.89. The third-order valence-corrected chi connectivity index (χ3v) is 4.59. The minimum Gasteiger partial charge on any atom is -0.459 e. The van der Waals surface area contributed by atoms with E-state index in [2.05, 4.69) is 5.32 Å². The lowest BCUT2D eigenvalue weighted by Gasteiger charge is -2.20. The van der Waals surface area contributed by atoms with Crippen LogP contribution in [0.2, 0.25) is 0 Å². The van der Waals surface area contributed by atoms with Gasteiger partial charge in [0.15, 0.2) is 5.76 Å². The van der Waals surface area contributed by atoms with Crippen molar-refractivity contribution in [3.05, 3.63) is 48.2 Å². The summed E-state index contributed by atoms with van der Waals surface area (Å²) in [5, 5.41) is 12.0. The summed E-state index contributed by atoms with van der Waals surface area (Å²) in [5.41, 5.74) is 1.31. The molecule has 0 fully saturated rings. The number of hydrogen-bond acceptors (Lipinski definition) is 4. The summed E-state index contributed by atoms with van der Waals surface area (Å²) in [4.78, 5) is 12.3. The minimum atomic E-state index is -0.357. The summed E-state index contributed by atoms with van der Waals surface area (Å²) < 4.78 is 18.3. The summed E-state index contributed by atoms with van der Waals surface area (Å²) in [6.45, 7) is 1.81. The van der Waals surface area contributed by atoms with Crippen molar-refractivity contribution in [1.82, 2.24) is 5.32 Å². The van der Waals surface area contributed by atoms with E-state index in [1.54, 1.807) is 18.2 Å². The number of rotatable bonds is 6. The highest BCUT2D eigenvalue weighted by Gasteiger charge is 2.22. The van der Waals surface area contributed by atoms with Crippen LogP contribution >= 0.6 is 11.8 Å². The smallest absolute Gasteiger partial charge is 0.287 e. The van der Waals surface area contributed by atoms with Gasteiger partial charge in [-0.3, -0.25) is 4.79 Å². The highest BCUT2D eigenvalue weighted by atomic mass is 32.2. The first-order valence-corrected chi connectivity index (χ1v) is 8.13. The van der Waals surface area contributed by atoms with Crippen LogP contribution in [0.1, 0.15) is 17.5 Å². The molecule has 2 rings (SSSR count). The predicted molar refractivity (Wildman–Crippen MR) is 85.4 cm³/mol. The molecule has 22 heavy (non-hydrogen) atoms. The van der Waals surface area contributed by atoms with Gasteiger partial charge in [-0.25, -0.2) is 4.39 Å². The predicted octanol–water partition coefficient (Wildman–Crippen LogP) is 2.93. The van der Waals surface area contributed by atoms with E-state index < -0.39 is 0 Å². The Morgan fingerprint density at radius 3 is 2.64 bits per heavy atom. The van der Waals surface area contributed by atoms with Crippen LogP contribution in [0, 0.1) is 5.82 Å². The largest absolute Gasteiger partial charge is 0.459 e. The van der Waals surface area contributed by atoms with Crippen molar-refractivity contribution in [3.63, 3.8) is 0 Å². The highest BCUT2D eigenvalue weighted by Crippen LogP contribution is 2.25. The molecule has 1 heterocycles. The van der Waals surface area contributed by atoms with Crippen molar-refractivity contribution in [1.29, 1.82) is 0 Å². The van der Waals surface area contributed by atoms with Gasteiger partial charge in [-0.15, -0.1) is 0 Å². The van der Waals surface area contributed by atoms with Crippen molar-refractivity contribution in [2.75, 3.05) is 12.9 Å². The van der Waals surface area contributed by atoms with E-state index in [1.807, 2.05) is 13.2 Å². The molecule has 0 bridgehead atoms. The van der Waals surface area contributed by atoms with Crippen molar-refractivity contribution in [2.45, 2.75) is 18.2 Å². The first kappa shape index (κ1) is 16.6. The Morgan fingerprint density at radius 1 is 1.36 bits per heavy atom. The second kappa shape index (κ2) is 7.47. The maximum absolute atomic E-state index is 13.0. The van der Waals surface area contributed by atoms with Gasteiger partial charge in [0.1, 0.15) is 5.82 Å². The van der Waals surface area contributed by atoms with E-state index >= 15 is 0 Å². The van der Waals surface area contributed by atoms with Crippen molar-refractivity contribution >= 4 is 17.7 Å². The van der Waals surface area contributed by atoms with Gasteiger partial charge in [0.2, 0.25) is 0 Å². The molecule has 0 saturated heterocycles. The maximum atomic E-state index is 13.0. The number of nitrogens with one attached hydrogen (secondary N) is 1. The minimum absolute atomic E-state index is 0.0222. The van der Waals surface area contributed by atoms with E-state index in [-0.39, 0.29) is 35.4 Å². The number of carbonyl (C=O) groups is 1. The van der Waals surface area contributed by atoms with E-state index in [4.69, 9.17) is 4.42 Å². The van der Waals surface area contributed by atoms with Gasteiger partial charge in [0, 0.05) is 16.9 Å². The topological polar surface area (TPSA) is 62.5 Å². The van der Waals surface area contributed by atoms with E-state index in [0.29, 0.717) is 11.1 Å². The van der Waals surface area contributed by atoms with Crippen LogP contribution in [0.5, 0.6) is 0 Å². The molecule has 6 heteroatoms. The molecule has 0 aliphatic heterocycles. The molecule has 0 aliphatic rings. The molecular formula is C16H18FNO3S. The summed E-state index contributed by atoms with van der Waals surface area (Å²) in [5.74, 6) is -0.516. The number of carbonyl (C=O) groups excluding carboxylic acids is 1. The van der Waals surface area contributed by atoms with Crippen LogP contribution in [0.3, 0.4) is 0 Å². The number of benzene rings is 1. The molecule has 2 aromatic rings. The lowest BCUT2D eigenvalue weighted by molar-refractivity contribution is 0.0909. The summed E-state index contributed by atoms with van der Waals surface area (Å²) in [6, 6.07) is 7.33. The fourth-order valence-electron chi connectivity index (χ4n) is 2.14. The highest BCUT2D eigenvalue weighted by molar-refractivity contribution is 7.99. The van der Waals surface area contributed by atoms with Gasteiger partial charge in [0.05, 0.1) is 12.9 Å². The van der Waals surface area contributed by atoms with Crippen LogP contribution in [-0.2, 0) is 0 Å². The number of aliphatic hydroxyl groups is 1. The molecule has 1 amide bonds. The van der Waals surface area contributed by atoms with Gasteiger partial charge in [0.25, 0.3) is 5.91 Å². The van der Waals surface area contributed by atoms with Crippen LogP contribution in [0.4, 0.5) is 4.39 Å². The van der Waals surface area contributed by atoms with Crippen molar-refractivity contribution in [2.24, 2.45) is 0 Å². The number of halogens is 1. The SMILES string of the molecule is CS[C@H](CO)[C@H](C)NC(=O)c1occc1-c1ccc(F)cc1. The van der Waals surface area contributed by atoms with Crippen molar-refractivity contribution < 1.29 is 18.7 Å². The number of hydrogen-bond donors (Lipinski definition) is 2. The average molecular weight is 323 g/mol. The zero-order chi connectivity index (χ0) is 16.1. The van der Waals surface area contributed by atoms with Crippen LogP contribution < -0.4 is 5.32 Å². The van der Waals surface area contributed by atoms with Gasteiger partial charge in [-0.2, -0.15) is 11.8 Å². The second-order valence-corrected chi connectivity index (χ2v) is 5.97. The molecular weight excluding hydrogens is 305 g/mol. The fourth-order valence-corrected chi connectivity index (χ4v) is 2.77. The number of furan rings is 1. The Labute approximate surface area is 132 Å². The van der Waals surface area contributed by atoms with Gasteiger partial charge < -0.3 is 14.8 Å². The standard InChI is InChI=1S/C16H18FNO3S/c1-10(14(9-19)22-2)18-16(20)15-13(7-8-21-15)11-3-5-12(17)6-4-11/h3-8,10,14,19H,9H2,1-2H3,(H,18,20)/t10-,14+/m0/s1. The van der Waals surface area contributed by atoms with Crippen LogP contribution in [0.15, 0.2) is 41.0 Å². The Hall–Kier alpha value is -1.79. The number of aliphatic hydroxyl groups excluding tert-OH is 1. The third-order valence-electron chi connectivity index (χ3n) is 3.43. The molecule has 2 atom stereocenters. The molecule has 0 saturated carbocycles. The molecule has 1 aromatic carbocycles. The van der Waals surface area contributed by atoms with Crippen molar-refractivity contribution in [3.8, 4) is 11.1 Å². The fraction of sp³-hybridized carbons (Fsp3) is 0.312. The number of thioether (sulfide) groups is 1. The Balaban J connectivity index is 2.18. The quantitative estimate of drug-likeness (QED) is 0.858. The first-order valence-electron chi connectivity index (χ1n) is 6.84. The maximum Gasteiger partial charge on any atom is 0.287 e. The number of amides is 1. The lowest BCUT2D eigenvalue weighted by atomic mass is 10.1. The Bertz CT molecular complexity index is 623. The molecule has 1 aromatic heterocycles. The van der Waals surface area contributed by atoms with E-state index in [1.165, 1.54) is 30.2 Å². The van der Waals surface area contributed by atoms with E-state index in [9.17, 15) is 14.3 Å². The molecule has 0 aliphatic carbocycles. The van der Waals surface area contributed by atoms with Gasteiger partial charge in [-0.05, 0) is 36.9 Å². The Morgan fingerprint density at radius 2 is 2.05 bits per heavy atom. The zero-order valence-electron chi connectivity index (χ0n) is 12.4. The molecule has 0 spiro atoms. The summed E-state index contributed by atoms with van der Waals surface area (Å²) >= 11 is 1.48. The molecule has 118 valence electrons. The molecule has 0 unspecified atom stereocenters. The van der Waals surface area contributed by atoms with Crippen LogP contribution in [0.25, 0.3) is 11.1 Å². The average Bonchev–Trinajstić information content (AvgIpc) is 2.98. The van der Waals surface area contributed by atoms with E-state index in [0.717, 1.165) is 0 Å². The monoisotopic (exact) mass is 323 g/mol. The lowest BCUT2D eigenvalue weighted by Crippen LogP contribution is -2.41. The van der Waals surface area contributed by atoms with Gasteiger partial charge >= 0.3 is 0 Å². The molecule has 2 N–H and O–H groups in total. The molecule has 4 nitrogen and oxygen atoms in total. The third kappa shape index (κ3) is 3.69. The molecule has 0 radical (unpaired) electrons. The van der Waals surface area contributed by atoms with Crippen LogP contribution in [-0.4, -0.2) is 35.2 Å². The zero-order valence-corrected chi connectivity index (χ0v) is 13.2. The summed E-state index contributed by atoms with van der Waals surface area (Å²) in [7, 11) is 0.